The molecule has 0 aliphatic heterocycles. The van der Waals surface area contributed by atoms with Crippen molar-refractivity contribution in [3.63, 3.8) is 0 Å². The molecule has 0 spiro atoms. The van der Waals surface area contributed by atoms with E-state index in [1.54, 1.807) is 39.2 Å². The fraction of sp³-hybridized carbons (Fsp3) is 0.312. The topological polar surface area (TPSA) is 99.2 Å². The van der Waals surface area contributed by atoms with E-state index in [1.165, 1.54) is 16.7 Å². The molecule has 0 bridgehead atoms. The Morgan fingerprint density at radius 3 is 2.80 bits per heavy atom. The maximum Gasteiger partial charge on any atom is 0.314 e. The highest BCUT2D eigenvalue weighted by molar-refractivity contribution is 5.95. The van der Waals surface area contributed by atoms with Crippen LogP contribution in [0.4, 0.5) is 0 Å². The largest absolute Gasteiger partial charge is 0.467 e. The fourth-order valence-corrected chi connectivity index (χ4v) is 2.36. The van der Waals surface area contributed by atoms with E-state index in [1.807, 2.05) is 6.07 Å². The van der Waals surface area contributed by atoms with Gasteiger partial charge in [0.05, 0.1) is 13.7 Å². The maximum absolute atomic E-state index is 12.6. The molecule has 0 fully saturated rings. The third kappa shape index (κ3) is 3.49. The van der Waals surface area contributed by atoms with Gasteiger partial charge < -0.3 is 14.1 Å². The van der Waals surface area contributed by atoms with Crippen LogP contribution in [0.5, 0.6) is 6.01 Å². The zero-order valence-corrected chi connectivity index (χ0v) is 14.4. The Bertz CT molecular complexity index is 901. The van der Waals surface area contributed by atoms with E-state index >= 15 is 0 Å². The van der Waals surface area contributed by atoms with Crippen molar-refractivity contribution in [2.45, 2.75) is 13.5 Å². The minimum atomic E-state index is -0.166. The molecule has 0 unspecified atom stereocenters. The van der Waals surface area contributed by atoms with Crippen LogP contribution in [0.1, 0.15) is 22.1 Å². The van der Waals surface area contributed by atoms with Crippen LogP contribution in [-0.2, 0) is 13.6 Å². The van der Waals surface area contributed by atoms with Crippen molar-refractivity contribution < 1.29 is 13.9 Å². The number of carbonyl (C=O) groups is 1. The second-order valence-electron chi connectivity index (χ2n) is 5.50. The summed E-state index contributed by atoms with van der Waals surface area (Å²) in [5, 5.41) is 12.0. The molecule has 0 N–H and O–H groups in total. The molecule has 0 aliphatic carbocycles. The monoisotopic (exact) mass is 342 g/mol. The number of ether oxygens (including phenoxy) is 1. The smallest absolute Gasteiger partial charge is 0.314 e. The summed E-state index contributed by atoms with van der Waals surface area (Å²) < 4.78 is 12.0. The van der Waals surface area contributed by atoms with Gasteiger partial charge in [0.1, 0.15) is 0 Å². The summed E-state index contributed by atoms with van der Waals surface area (Å²) in [6.07, 6.45) is 0. The molecule has 2 heterocycles. The highest BCUT2D eigenvalue weighted by Crippen LogP contribution is 2.20. The number of nitrogens with zero attached hydrogens (tertiary/aromatic N) is 6. The Morgan fingerprint density at radius 1 is 1.36 bits per heavy atom. The number of benzene rings is 1. The van der Waals surface area contributed by atoms with Crippen molar-refractivity contribution in [2.75, 3.05) is 14.2 Å². The first-order valence-corrected chi connectivity index (χ1v) is 7.58. The molecule has 0 saturated carbocycles. The lowest BCUT2D eigenvalue weighted by molar-refractivity contribution is 0.0772. The van der Waals surface area contributed by atoms with Gasteiger partial charge in [-0.1, -0.05) is 12.1 Å². The van der Waals surface area contributed by atoms with Crippen molar-refractivity contribution >= 4 is 5.91 Å². The lowest BCUT2D eigenvalue weighted by Crippen LogP contribution is -2.26. The minimum absolute atomic E-state index is 0.166. The minimum Gasteiger partial charge on any atom is -0.467 e. The number of carbonyl (C=O) groups excluding carboxylic acids is 1. The summed E-state index contributed by atoms with van der Waals surface area (Å²) in [6, 6.07) is 7.51. The molecule has 0 atom stereocenters. The second kappa shape index (κ2) is 6.71. The molecular formula is C16H18N6O3. The van der Waals surface area contributed by atoms with Crippen LogP contribution in [0.25, 0.3) is 11.4 Å². The molecule has 2 aromatic heterocycles. The molecule has 3 aromatic rings. The van der Waals surface area contributed by atoms with Crippen LogP contribution < -0.4 is 4.74 Å². The van der Waals surface area contributed by atoms with Crippen LogP contribution in [0.15, 0.2) is 28.7 Å². The summed E-state index contributed by atoms with van der Waals surface area (Å²) in [5.41, 5.74) is 1.24. The molecule has 9 nitrogen and oxygen atoms in total. The Morgan fingerprint density at radius 2 is 2.16 bits per heavy atom. The van der Waals surface area contributed by atoms with E-state index in [9.17, 15) is 4.79 Å². The predicted molar refractivity (Wildman–Crippen MR) is 87.8 cm³/mol. The van der Waals surface area contributed by atoms with Gasteiger partial charge >= 0.3 is 6.01 Å². The number of aryl methyl sites for hydroxylation is 2. The van der Waals surface area contributed by atoms with Gasteiger partial charge in [0.15, 0.2) is 5.82 Å². The van der Waals surface area contributed by atoms with Crippen molar-refractivity contribution in [3.05, 3.63) is 41.6 Å². The summed E-state index contributed by atoms with van der Waals surface area (Å²) in [7, 11) is 4.95. The van der Waals surface area contributed by atoms with Gasteiger partial charge in [-0.2, -0.15) is 4.98 Å². The van der Waals surface area contributed by atoms with E-state index in [-0.39, 0.29) is 12.5 Å². The number of hydrogen-bond acceptors (Lipinski definition) is 7. The Labute approximate surface area is 144 Å². The Kier molecular flexibility index (Phi) is 4.46. The van der Waals surface area contributed by atoms with Crippen LogP contribution in [-0.4, -0.2) is 49.9 Å². The average molecular weight is 342 g/mol. The molecule has 25 heavy (non-hydrogen) atoms. The van der Waals surface area contributed by atoms with E-state index in [2.05, 4.69) is 20.3 Å². The van der Waals surface area contributed by atoms with Crippen LogP contribution in [0.2, 0.25) is 0 Å². The number of aromatic nitrogens is 5. The SMILES string of the molecule is COc1nc(-c2cccc(C(=O)N(C)Cc3nnc(C)o3)c2)nn1C. The van der Waals surface area contributed by atoms with E-state index in [4.69, 9.17) is 9.15 Å². The third-order valence-electron chi connectivity index (χ3n) is 3.56. The van der Waals surface area contributed by atoms with Gasteiger partial charge in [-0.05, 0) is 12.1 Å². The molecule has 0 saturated heterocycles. The summed E-state index contributed by atoms with van der Waals surface area (Å²) >= 11 is 0. The number of hydrogen-bond donors (Lipinski definition) is 0. The molecule has 130 valence electrons. The molecule has 0 radical (unpaired) electrons. The molecular weight excluding hydrogens is 324 g/mol. The van der Waals surface area contributed by atoms with E-state index in [0.717, 1.165) is 5.56 Å². The standard InChI is InChI=1S/C16H18N6O3/c1-10-18-19-13(25-10)9-21(2)15(23)12-7-5-6-11(8-12)14-17-16(24-4)22(3)20-14/h5-8H,9H2,1-4H3. The van der Waals surface area contributed by atoms with Gasteiger partial charge in [-0.3, -0.25) is 4.79 Å². The Hall–Kier alpha value is -3.23. The van der Waals surface area contributed by atoms with Crippen LogP contribution in [0.3, 0.4) is 0 Å². The van der Waals surface area contributed by atoms with E-state index in [0.29, 0.717) is 29.2 Å². The molecule has 1 amide bonds. The van der Waals surface area contributed by atoms with Gasteiger partial charge in [0.25, 0.3) is 5.91 Å². The van der Waals surface area contributed by atoms with Gasteiger partial charge in [0.2, 0.25) is 11.8 Å². The normalized spacial score (nSPS) is 10.7. The maximum atomic E-state index is 12.6. The van der Waals surface area contributed by atoms with Crippen molar-refractivity contribution in [2.24, 2.45) is 7.05 Å². The number of amides is 1. The zero-order valence-electron chi connectivity index (χ0n) is 14.4. The lowest BCUT2D eigenvalue weighted by Gasteiger charge is -2.15. The quantitative estimate of drug-likeness (QED) is 0.692. The third-order valence-corrected chi connectivity index (χ3v) is 3.56. The van der Waals surface area contributed by atoms with Crippen molar-refractivity contribution in [1.82, 2.24) is 29.9 Å². The number of methoxy groups -OCH3 is 1. The van der Waals surface area contributed by atoms with Gasteiger partial charge in [-0.15, -0.1) is 15.3 Å². The molecule has 1 aromatic carbocycles. The van der Waals surface area contributed by atoms with Crippen molar-refractivity contribution in [3.8, 4) is 17.4 Å². The zero-order chi connectivity index (χ0) is 18.0. The average Bonchev–Trinajstić information content (AvgIpc) is 3.19. The van der Waals surface area contributed by atoms with Gasteiger partial charge in [0, 0.05) is 32.1 Å². The van der Waals surface area contributed by atoms with Crippen molar-refractivity contribution in [1.29, 1.82) is 0 Å². The first-order chi connectivity index (χ1) is 12.0. The van der Waals surface area contributed by atoms with Crippen LogP contribution >= 0.6 is 0 Å². The highest BCUT2D eigenvalue weighted by atomic mass is 16.5. The predicted octanol–water partition coefficient (Wildman–Crippen LogP) is 1.45. The highest BCUT2D eigenvalue weighted by Gasteiger charge is 2.17. The summed E-state index contributed by atoms with van der Waals surface area (Å²) in [4.78, 5) is 18.4. The summed E-state index contributed by atoms with van der Waals surface area (Å²) in [6.45, 7) is 1.94. The van der Waals surface area contributed by atoms with Crippen LogP contribution in [0, 0.1) is 6.92 Å². The number of rotatable bonds is 5. The first-order valence-electron chi connectivity index (χ1n) is 7.58. The van der Waals surface area contributed by atoms with Gasteiger partial charge in [-0.25, -0.2) is 4.68 Å². The fourth-order valence-electron chi connectivity index (χ4n) is 2.36. The molecule has 3 rings (SSSR count). The van der Waals surface area contributed by atoms with E-state index < -0.39 is 0 Å². The summed E-state index contributed by atoms with van der Waals surface area (Å²) in [5.74, 6) is 1.18. The lowest BCUT2D eigenvalue weighted by atomic mass is 10.1. The Balaban J connectivity index is 1.81. The second-order valence-corrected chi connectivity index (χ2v) is 5.50. The molecule has 0 aliphatic rings. The first kappa shape index (κ1) is 16.6. The molecule has 9 heteroatoms.